The van der Waals surface area contributed by atoms with Gasteiger partial charge in [0.15, 0.2) is 12.6 Å². The molecule has 83 heavy (non-hydrogen) atoms. The lowest BCUT2D eigenvalue weighted by Gasteiger charge is -2.36. The Balaban J connectivity index is 0.000000743. The van der Waals surface area contributed by atoms with Gasteiger partial charge in [0.1, 0.15) is 11.5 Å². The summed E-state index contributed by atoms with van der Waals surface area (Å²) in [6, 6.07) is 31.2. The standard InChI is InChI=1S/C34H50O6.C30H44O5.C4H10O.I2.H3N/c1-4-30-25-32(24-26(3)35)40-33(39-30)14-12-10-8-6-7-9-11-13-23-38-31-21-19-28(20-22-31)27-15-17-29(18-16-27)34(36)37-5-2;1-4-32-29(33-5-2)15-13-11-9-7-8-10-12-14-24-35-28-22-20-26(21-23-28)25-16-18-27(19-17-25)30(31)34-6-3;1-3-4(2)5;1-2;/h15-22,26,30,32-33,35H,4-14,23-25H2,1-3H3;16-23,29H,4-15,24H2,1-3H3;4-5H,3H2,1-2H3;;1H3. The molecule has 0 spiro atoms. The summed E-state index contributed by atoms with van der Waals surface area (Å²) < 4.78 is 45.3. The fourth-order valence-corrected chi connectivity index (χ4v) is 9.22. The Morgan fingerprint density at radius 2 is 0.843 bits per heavy atom. The zero-order valence-electron chi connectivity index (χ0n) is 51.9. The second kappa shape index (κ2) is 50.7. The molecule has 0 aromatic heterocycles. The van der Waals surface area contributed by atoms with Crippen LogP contribution in [-0.4, -0.2) is 98.8 Å². The molecule has 1 aliphatic heterocycles. The first-order chi connectivity index (χ1) is 39.9. The number of benzene rings is 4. The summed E-state index contributed by atoms with van der Waals surface area (Å²) in [5, 5.41) is 18.1. The molecule has 0 bridgehead atoms. The van der Waals surface area contributed by atoms with Crippen LogP contribution in [0.25, 0.3) is 22.3 Å². The third-order valence-corrected chi connectivity index (χ3v) is 13.9. The van der Waals surface area contributed by atoms with Crippen LogP contribution < -0.4 is 15.6 Å². The topological polar surface area (TPSA) is 183 Å². The average Bonchev–Trinajstić information content (AvgIpc) is 3.55. The second-order valence-corrected chi connectivity index (χ2v) is 20.8. The summed E-state index contributed by atoms with van der Waals surface area (Å²) in [6.45, 7) is 19.1. The van der Waals surface area contributed by atoms with Gasteiger partial charge >= 0.3 is 11.9 Å². The van der Waals surface area contributed by atoms with Crippen LogP contribution in [0, 0.1) is 0 Å². The maximum atomic E-state index is 11.8. The van der Waals surface area contributed by atoms with E-state index in [9.17, 15) is 14.7 Å². The predicted octanol–water partition coefficient (Wildman–Crippen LogP) is 18.6. The number of aliphatic hydroxyl groups excluding tert-OH is 2. The third-order valence-electron chi connectivity index (χ3n) is 13.9. The molecule has 1 heterocycles. The zero-order valence-corrected chi connectivity index (χ0v) is 56.3. The lowest BCUT2D eigenvalue weighted by Crippen LogP contribution is -2.39. The Morgan fingerprint density at radius 1 is 0.494 bits per heavy atom. The molecule has 15 heteroatoms. The first-order valence-electron chi connectivity index (χ1n) is 31.0. The van der Waals surface area contributed by atoms with Gasteiger partial charge < -0.3 is 54.3 Å². The molecule has 0 amide bonds. The number of esters is 2. The molecule has 1 fully saturated rings. The summed E-state index contributed by atoms with van der Waals surface area (Å²) in [5.41, 5.74) is 5.45. The van der Waals surface area contributed by atoms with E-state index in [4.69, 9.17) is 43.0 Å². The van der Waals surface area contributed by atoms with E-state index in [0.717, 1.165) is 98.3 Å². The predicted molar refractivity (Wildman–Crippen MR) is 357 cm³/mol. The van der Waals surface area contributed by atoms with Gasteiger partial charge in [0.25, 0.3) is 0 Å². The first kappa shape index (κ1) is 77.6. The Morgan fingerprint density at radius 3 is 1.19 bits per heavy atom. The van der Waals surface area contributed by atoms with Crippen LogP contribution in [-0.2, 0) is 28.4 Å². The minimum absolute atomic E-state index is 0. The highest BCUT2D eigenvalue weighted by atomic mass is 128. The van der Waals surface area contributed by atoms with Gasteiger partial charge in [-0.3, -0.25) is 0 Å². The number of hydrogen-bond acceptors (Lipinski definition) is 13. The average molecular weight is 1380 g/mol. The molecule has 5 N–H and O–H groups in total. The van der Waals surface area contributed by atoms with Crippen LogP contribution in [0.1, 0.15) is 217 Å². The van der Waals surface area contributed by atoms with Gasteiger partial charge in [-0.2, -0.15) is 0 Å². The van der Waals surface area contributed by atoms with Crippen LogP contribution in [0.3, 0.4) is 0 Å². The van der Waals surface area contributed by atoms with Gasteiger partial charge in [0.2, 0.25) is 0 Å². The highest BCUT2D eigenvalue weighted by molar-refractivity contribution is 15.0. The normalized spacial score (nSPS) is 15.2. The number of carbonyl (C=O) groups excluding carboxylic acids is 2. The molecule has 470 valence electrons. The van der Waals surface area contributed by atoms with Crippen molar-refractivity contribution in [1.29, 1.82) is 0 Å². The fourth-order valence-electron chi connectivity index (χ4n) is 9.22. The largest absolute Gasteiger partial charge is 0.494 e. The summed E-state index contributed by atoms with van der Waals surface area (Å²) in [4.78, 5) is 23.6. The molecule has 4 aromatic carbocycles. The highest BCUT2D eigenvalue weighted by Gasteiger charge is 2.29. The number of carbonyl (C=O) groups is 2. The summed E-state index contributed by atoms with van der Waals surface area (Å²) in [5.74, 6) is 1.21. The molecule has 13 nitrogen and oxygen atoms in total. The third kappa shape index (κ3) is 36.4. The second-order valence-electron chi connectivity index (χ2n) is 20.8. The first-order valence-corrected chi connectivity index (χ1v) is 37.3. The molecule has 0 radical (unpaired) electrons. The van der Waals surface area contributed by atoms with E-state index >= 15 is 0 Å². The quantitative estimate of drug-likeness (QED) is 0.0167. The summed E-state index contributed by atoms with van der Waals surface area (Å²) in [7, 11) is 0. The molecule has 5 rings (SSSR count). The minimum atomic E-state index is -0.323. The van der Waals surface area contributed by atoms with Crippen LogP contribution in [0.5, 0.6) is 11.5 Å². The summed E-state index contributed by atoms with van der Waals surface area (Å²) >= 11 is 4.24. The number of halogens is 2. The molecule has 5 unspecified atom stereocenters. The molecule has 1 saturated heterocycles. The minimum Gasteiger partial charge on any atom is -0.494 e. The van der Waals surface area contributed by atoms with Gasteiger partial charge in [-0.25, -0.2) is 9.59 Å². The van der Waals surface area contributed by atoms with Crippen LogP contribution >= 0.6 is 37.2 Å². The Kier molecular flexibility index (Phi) is 47.4. The van der Waals surface area contributed by atoms with Crippen molar-refractivity contribution in [3.63, 3.8) is 0 Å². The van der Waals surface area contributed by atoms with E-state index in [1.165, 1.54) is 83.5 Å². The highest BCUT2D eigenvalue weighted by Crippen LogP contribution is 2.28. The SMILES string of the molecule is CCC(C)O.CCOC(=O)c1ccc(-c2ccc(OCCCCCCCCCCC(OCC)OCC)cc2)cc1.CCOC(=O)c1ccc(-c2ccc(OCCCCCCCCCCC3OC(CC)CC(CC(C)O)O3)cc2)cc1.II.N. The molecule has 5 atom stereocenters. The van der Waals surface area contributed by atoms with Crippen molar-refractivity contribution in [2.75, 3.05) is 39.6 Å². The maximum Gasteiger partial charge on any atom is 0.338 e. The van der Waals surface area contributed by atoms with Gasteiger partial charge in [-0.05, 0) is 170 Å². The Hall–Kier alpha value is -3.40. The van der Waals surface area contributed by atoms with Crippen molar-refractivity contribution in [2.24, 2.45) is 0 Å². The van der Waals surface area contributed by atoms with E-state index in [1.807, 2.05) is 90.1 Å². The van der Waals surface area contributed by atoms with Gasteiger partial charge in [-0.1, -0.05) is 139 Å². The maximum absolute atomic E-state index is 11.8. The summed E-state index contributed by atoms with van der Waals surface area (Å²) in [6.07, 6.45) is 24.8. The van der Waals surface area contributed by atoms with E-state index in [2.05, 4.69) is 68.4 Å². The van der Waals surface area contributed by atoms with Crippen LogP contribution in [0.4, 0.5) is 0 Å². The van der Waals surface area contributed by atoms with Gasteiger partial charge in [0.05, 0.1) is 62.0 Å². The molecule has 0 aliphatic carbocycles. The number of aliphatic hydroxyl groups is 2. The van der Waals surface area contributed by atoms with Gasteiger partial charge in [0, 0.05) is 56.9 Å². The molecule has 1 aliphatic rings. The smallest absolute Gasteiger partial charge is 0.338 e. The number of rotatable bonds is 38. The van der Waals surface area contributed by atoms with E-state index in [0.29, 0.717) is 44.0 Å². The molecule has 0 saturated carbocycles. The molecular formula is C68H107I2NO12. The monoisotopic (exact) mass is 1380 g/mol. The molecular weight excluding hydrogens is 1280 g/mol. The Labute approximate surface area is 524 Å². The van der Waals surface area contributed by atoms with Crippen molar-refractivity contribution in [1.82, 2.24) is 6.15 Å². The van der Waals surface area contributed by atoms with Crippen molar-refractivity contribution in [2.45, 2.75) is 234 Å². The van der Waals surface area contributed by atoms with Crippen molar-refractivity contribution in [3.05, 3.63) is 108 Å². The molecule has 4 aromatic rings. The number of unbranched alkanes of at least 4 members (excludes halogenated alkanes) is 14. The lowest BCUT2D eigenvalue weighted by atomic mass is 10.0. The van der Waals surface area contributed by atoms with Crippen molar-refractivity contribution in [3.8, 4) is 33.8 Å². The Bertz CT molecular complexity index is 2140. The van der Waals surface area contributed by atoms with E-state index in [-0.39, 0.29) is 55.1 Å². The number of ether oxygens (including phenoxy) is 8. The zero-order chi connectivity index (χ0) is 60.0. The fraction of sp³-hybridized carbons (Fsp3) is 0.618. The van der Waals surface area contributed by atoms with E-state index in [1.54, 1.807) is 31.2 Å². The van der Waals surface area contributed by atoms with Gasteiger partial charge in [-0.15, -0.1) is 0 Å². The van der Waals surface area contributed by atoms with Crippen molar-refractivity contribution < 1.29 is 57.7 Å². The number of hydrogen-bond donors (Lipinski definition) is 3. The van der Waals surface area contributed by atoms with Crippen molar-refractivity contribution >= 4 is 49.2 Å². The van der Waals surface area contributed by atoms with Crippen LogP contribution in [0.2, 0.25) is 0 Å². The van der Waals surface area contributed by atoms with E-state index < -0.39 is 0 Å². The van der Waals surface area contributed by atoms with Crippen LogP contribution in [0.15, 0.2) is 97.1 Å². The lowest BCUT2D eigenvalue weighted by molar-refractivity contribution is -0.249.